The summed E-state index contributed by atoms with van der Waals surface area (Å²) in [6, 6.07) is 21.9. The number of halogens is 6. The van der Waals surface area contributed by atoms with E-state index < -0.39 is 56.9 Å². The number of carbonyl (C=O) groups is 2. The van der Waals surface area contributed by atoms with Gasteiger partial charge in [0.2, 0.25) is 11.8 Å². The molecule has 254 valence electrons. The highest BCUT2D eigenvalue weighted by atomic mass is 35.5. The summed E-state index contributed by atoms with van der Waals surface area (Å²) in [6.45, 7) is 0.845. The third kappa shape index (κ3) is 9.02. The van der Waals surface area contributed by atoms with Gasteiger partial charge in [-0.25, -0.2) is 8.42 Å². The van der Waals surface area contributed by atoms with Gasteiger partial charge in [-0.05, 0) is 54.4 Å². The summed E-state index contributed by atoms with van der Waals surface area (Å²) in [5.74, 6) is -1.43. The summed E-state index contributed by atoms with van der Waals surface area (Å²) in [6.07, 6.45) is -4.31. The molecule has 0 aromatic heterocycles. The first kappa shape index (κ1) is 37.1. The Balaban J connectivity index is 1.88. The standard InChI is InChI=1S/C34H31Cl3F3N3O4S/c1-2-18-41-33(45)31(19-23-10-5-3-6-11-23)42(21-26-28(35)14-9-15-29(26)36)32(44)22-43(48(46,47)25-12-7-4-8-13-25)24-16-17-30(37)27(20-24)34(38,39)40/h3-17,20,31H,2,18-19,21-22H2,1H3,(H,41,45)/t31-/m1/s1. The lowest BCUT2D eigenvalue weighted by atomic mass is 10.0. The molecule has 4 aromatic carbocycles. The van der Waals surface area contributed by atoms with Gasteiger partial charge in [-0.2, -0.15) is 13.2 Å². The smallest absolute Gasteiger partial charge is 0.354 e. The molecule has 14 heteroatoms. The summed E-state index contributed by atoms with van der Waals surface area (Å²) in [4.78, 5) is 29.1. The van der Waals surface area contributed by atoms with Crippen molar-refractivity contribution in [1.82, 2.24) is 10.2 Å². The van der Waals surface area contributed by atoms with Crippen LogP contribution in [-0.4, -0.2) is 44.3 Å². The molecule has 0 aliphatic carbocycles. The van der Waals surface area contributed by atoms with Gasteiger partial charge in [-0.3, -0.25) is 13.9 Å². The number of nitrogens with one attached hydrogen (secondary N) is 1. The Hall–Kier alpha value is -3.77. The maximum Gasteiger partial charge on any atom is 0.417 e. The zero-order valence-electron chi connectivity index (χ0n) is 25.6. The molecule has 48 heavy (non-hydrogen) atoms. The van der Waals surface area contributed by atoms with Crippen molar-refractivity contribution < 1.29 is 31.2 Å². The Labute approximate surface area is 292 Å². The van der Waals surface area contributed by atoms with Gasteiger partial charge in [-0.1, -0.05) is 96.3 Å². The third-order valence-corrected chi connectivity index (χ3v) is 10.2. The van der Waals surface area contributed by atoms with E-state index in [2.05, 4.69) is 5.32 Å². The maximum atomic E-state index is 14.5. The van der Waals surface area contributed by atoms with Gasteiger partial charge < -0.3 is 10.2 Å². The molecule has 7 nitrogen and oxygen atoms in total. The van der Waals surface area contributed by atoms with Crippen LogP contribution in [0.15, 0.2) is 102 Å². The lowest BCUT2D eigenvalue weighted by molar-refractivity contribution is -0.140. The van der Waals surface area contributed by atoms with Crippen LogP contribution in [0, 0.1) is 0 Å². The molecule has 0 radical (unpaired) electrons. The van der Waals surface area contributed by atoms with Crippen molar-refractivity contribution in [3.63, 3.8) is 0 Å². The van der Waals surface area contributed by atoms with E-state index in [1.807, 2.05) is 6.92 Å². The zero-order chi connectivity index (χ0) is 35.1. The van der Waals surface area contributed by atoms with E-state index in [9.17, 15) is 31.2 Å². The fourth-order valence-corrected chi connectivity index (χ4v) is 7.08. The molecular formula is C34H31Cl3F3N3O4S. The molecule has 4 rings (SSSR count). The number of anilines is 1. The molecule has 0 aliphatic heterocycles. The number of carbonyl (C=O) groups excluding carboxylic acids is 2. The summed E-state index contributed by atoms with van der Waals surface area (Å²) in [5, 5.41) is 2.53. The first-order valence-corrected chi connectivity index (χ1v) is 17.3. The number of benzene rings is 4. The van der Waals surface area contributed by atoms with Crippen LogP contribution in [0.5, 0.6) is 0 Å². The molecular weight excluding hydrogens is 710 g/mol. The number of sulfonamides is 1. The molecule has 4 aromatic rings. The van der Waals surface area contributed by atoms with Crippen LogP contribution in [0.25, 0.3) is 0 Å². The van der Waals surface area contributed by atoms with Gasteiger partial charge >= 0.3 is 6.18 Å². The van der Waals surface area contributed by atoms with Gasteiger partial charge in [0.25, 0.3) is 10.0 Å². The van der Waals surface area contributed by atoms with E-state index in [1.165, 1.54) is 24.3 Å². The molecule has 0 aliphatic rings. The van der Waals surface area contributed by atoms with Gasteiger partial charge in [0.15, 0.2) is 0 Å². The molecule has 0 heterocycles. The Morgan fingerprint density at radius 3 is 2.02 bits per heavy atom. The Morgan fingerprint density at radius 2 is 1.44 bits per heavy atom. The molecule has 2 amide bonds. The van der Waals surface area contributed by atoms with Crippen LogP contribution in [0.1, 0.15) is 30.0 Å². The summed E-state index contributed by atoms with van der Waals surface area (Å²) in [5.41, 5.74) is -0.769. The fraction of sp³-hybridized carbons (Fsp3) is 0.235. The average molecular weight is 741 g/mol. The summed E-state index contributed by atoms with van der Waals surface area (Å²) >= 11 is 18.8. The van der Waals surface area contributed by atoms with Crippen LogP contribution in [-0.2, 0) is 38.8 Å². The van der Waals surface area contributed by atoms with Crippen molar-refractivity contribution >= 4 is 62.3 Å². The number of nitrogens with zero attached hydrogens (tertiary/aromatic N) is 2. The van der Waals surface area contributed by atoms with E-state index in [0.717, 1.165) is 17.0 Å². The predicted octanol–water partition coefficient (Wildman–Crippen LogP) is 8.03. The molecule has 0 saturated carbocycles. The van der Waals surface area contributed by atoms with Crippen LogP contribution in [0.4, 0.5) is 18.9 Å². The lowest BCUT2D eigenvalue weighted by Crippen LogP contribution is -2.53. The van der Waals surface area contributed by atoms with Crippen LogP contribution < -0.4 is 9.62 Å². The minimum absolute atomic E-state index is 0.0226. The molecule has 0 spiro atoms. The van der Waals surface area contributed by atoms with Crippen LogP contribution >= 0.6 is 34.8 Å². The van der Waals surface area contributed by atoms with E-state index in [-0.39, 0.29) is 27.9 Å². The summed E-state index contributed by atoms with van der Waals surface area (Å²) in [7, 11) is -4.64. The quantitative estimate of drug-likeness (QED) is 0.151. The fourth-order valence-electron chi connectivity index (χ4n) is 4.91. The highest BCUT2D eigenvalue weighted by Gasteiger charge is 2.38. The van der Waals surface area contributed by atoms with E-state index >= 15 is 0 Å². The molecule has 1 atom stereocenters. The van der Waals surface area contributed by atoms with E-state index in [4.69, 9.17) is 34.8 Å². The van der Waals surface area contributed by atoms with Crippen LogP contribution in [0.2, 0.25) is 15.1 Å². The largest absolute Gasteiger partial charge is 0.417 e. The Morgan fingerprint density at radius 1 is 0.833 bits per heavy atom. The highest BCUT2D eigenvalue weighted by molar-refractivity contribution is 7.92. The third-order valence-electron chi connectivity index (χ3n) is 7.36. The van der Waals surface area contributed by atoms with E-state index in [1.54, 1.807) is 54.6 Å². The second-order valence-corrected chi connectivity index (χ2v) is 13.8. The number of hydrogen-bond acceptors (Lipinski definition) is 4. The number of hydrogen-bond donors (Lipinski definition) is 1. The number of amides is 2. The minimum atomic E-state index is -4.93. The number of rotatable bonds is 13. The van der Waals surface area contributed by atoms with Crippen molar-refractivity contribution in [2.45, 2.75) is 43.4 Å². The van der Waals surface area contributed by atoms with Crippen molar-refractivity contribution in [2.24, 2.45) is 0 Å². The molecule has 1 N–H and O–H groups in total. The van der Waals surface area contributed by atoms with Gasteiger partial charge in [0, 0.05) is 35.1 Å². The predicted molar refractivity (Wildman–Crippen MR) is 182 cm³/mol. The number of alkyl halides is 3. The van der Waals surface area contributed by atoms with Crippen molar-refractivity contribution in [3.05, 3.63) is 129 Å². The second-order valence-electron chi connectivity index (χ2n) is 10.7. The first-order chi connectivity index (χ1) is 22.7. The highest BCUT2D eigenvalue weighted by Crippen LogP contribution is 2.38. The Bertz CT molecular complexity index is 1830. The average Bonchev–Trinajstić information content (AvgIpc) is 3.05. The normalized spacial score (nSPS) is 12.3. The Kier molecular flexibility index (Phi) is 12.4. The van der Waals surface area contributed by atoms with Gasteiger partial charge in [0.05, 0.1) is 21.2 Å². The molecule has 0 saturated heterocycles. The second kappa shape index (κ2) is 16.1. The molecule has 0 fully saturated rings. The lowest BCUT2D eigenvalue weighted by Gasteiger charge is -2.34. The minimum Gasteiger partial charge on any atom is -0.354 e. The maximum absolute atomic E-state index is 14.5. The summed E-state index contributed by atoms with van der Waals surface area (Å²) < 4.78 is 70.5. The monoisotopic (exact) mass is 739 g/mol. The van der Waals surface area contributed by atoms with Crippen molar-refractivity contribution in [2.75, 3.05) is 17.4 Å². The topological polar surface area (TPSA) is 86.8 Å². The van der Waals surface area contributed by atoms with Crippen molar-refractivity contribution in [3.8, 4) is 0 Å². The van der Waals surface area contributed by atoms with Gasteiger partial charge in [-0.15, -0.1) is 0 Å². The SMILES string of the molecule is CCCNC(=O)[C@@H](Cc1ccccc1)N(Cc1c(Cl)cccc1Cl)C(=O)CN(c1ccc(Cl)c(C(F)(F)F)c1)S(=O)(=O)c1ccccc1. The van der Waals surface area contributed by atoms with E-state index in [0.29, 0.717) is 34.5 Å². The first-order valence-electron chi connectivity index (χ1n) is 14.7. The molecule has 0 bridgehead atoms. The van der Waals surface area contributed by atoms with Crippen molar-refractivity contribution in [1.29, 1.82) is 0 Å². The van der Waals surface area contributed by atoms with Gasteiger partial charge in [0.1, 0.15) is 12.6 Å². The molecule has 0 unspecified atom stereocenters. The zero-order valence-corrected chi connectivity index (χ0v) is 28.6. The van der Waals surface area contributed by atoms with Crippen LogP contribution in [0.3, 0.4) is 0 Å².